The van der Waals surface area contributed by atoms with Gasteiger partial charge in [0.1, 0.15) is 4.90 Å². The van der Waals surface area contributed by atoms with Gasteiger partial charge in [0, 0.05) is 17.5 Å². The van der Waals surface area contributed by atoms with Gasteiger partial charge in [-0.1, -0.05) is 13.3 Å². The van der Waals surface area contributed by atoms with Gasteiger partial charge in [0.15, 0.2) is 0 Å². The van der Waals surface area contributed by atoms with Crippen LogP contribution >= 0.6 is 11.3 Å². The number of sulfonamides is 1. The SMILES string of the molecule is CNCc1scc(C)c1S(=O)(=O)NC1CCCC1C. The number of rotatable bonds is 5. The first-order chi connectivity index (χ1) is 8.95. The summed E-state index contributed by atoms with van der Waals surface area (Å²) in [6, 6.07) is 0.0896. The van der Waals surface area contributed by atoms with E-state index in [9.17, 15) is 8.42 Å². The van der Waals surface area contributed by atoms with Crippen molar-refractivity contribution in [3.05, 3.63) is 15.8 Å². The third-order valence-electron chi connectivity index (χ3n) is 3.76. The van der Waals surface area contributed by atoms with Crippen LogP contribution in [-0.4, -0.2) is 21.5 Å². The van der Waals surface area contributed by atoms with Gasteiger partial charge in [-0.05, 0) is 43.7 Å². The largest absolute Gasteiger partial charge is 0.315 e. The predicted molar refractivity (Wildman–Crippen MR) is 78.9 cm³/mol. The van der Waals surface area contributed by atoms with Crippen LogP contribution in [0.15, 0.2) is 10.3 Å². The molecule has 0 radical (unpaired) electrons. The minimum absolute atomic E-state index is 0.0896. The molecule has 1 aromatic rings. The third-order valence-corrected chi connectivity index (χ3v) is 6.72. The number of hydrogen-bond donors (Lipinski definition) is 2. The van der Waals surface area contributed by atoms with Crippen molar-refractivity contribution in [1.29, 1.82) is 0 Å². The molecule has 0 aromatic carbocycles. The van der Waals surface area contributed by atoms with Gasteiger partial charge in [0.2, 0.25) is 10.0 Å². The first-order valence-corrected chi connectivity index (χ1v) is 9.06. The fourth-order valence-electron chi connectivity index (χ4n) is 2.71. The molecule has 108 valence electrons. The van der Waals surface area contributed by atoms with Crippen LogP contribution in [0.5, 0.6) is 0 Å². The second-order valence-electron chi connectivity index (χ2n) is 5.34. The molecule has 0 bridgehead atoms. The molecule has 2 atom stereocenters. The molecule has 0 saturated heterocycles. The molecule has 0 aliphatic heterocycles. The molecule has 2 rings (SSSR count). The van der Waals surface area contributed by atoms with E-state index in [1.165, 1.54) is 11.3 Å². The van der Waals surface area contributed by atoms with Crippen molar-refractivity contribution in [2.45, 2.75) is 50.6 Å². The van der Waals surface area contributed by atoms with Crippen LogP contribution < -0.4 is 10.0 Å². The summed E-state index contributed by atoms with van der Waals surface area (Å²) in [7, 11) is -1.57. The van der Waals surface area contributed by atoms with Gasteiger partial charge in [-0.2, -0.15) is 0 Å². The monoisotopic (exact) mass is 302 g/mol. The Morgan fingerprint density at radius 1 is 1.42 bits per heavy atom. The molecule has 6 heteroatoms. The molecule has 2 N–H and O–H groups in total. The Morgan fingerprint density at radius 3 is 2.74 bits per heavy atom. The van der Waals surface area contributed by atoms with E-state index >= 15 is 0 Å². The van der Waals surface area contributed by atoms with Gasteiger partial charge in [-0.3, -0.25) is 0 Å². The average molecular weight is 302 g/mol. The Morgan fingerprint density at radius 2 is 2.16 bits per heavy atom. The predicted octanol–water partition coefficient (Wildman–Crippen LogP) is 2.24. The lowest BCUT2D eigenvalue weighted by Crippen LogP contribution is -2.37. The molecule has 1 aliphatic rings. The van der Waals surface area contributed by atoms with E-state index in [0.717, 1.165) is 29.7 Å². The van der Waals surface area contributed by atoms with Crippen LogP contribution in [-0.2, 0) is 16.6 Å². The number of hydrogen-bond acceptors (Lipinski definition) is 4. The van der Waals surface area contributed by atoms with Crippen molar-refractivity contribution in [1.82, 2.24) is 10.0 Å². The zero-order valence-corrected chi connectivity index (χ0v) is 13.3. The van der Waals surface area contributed by atoms with E-state index in [2.05, 4.69) is 17.0 Å². The zero-order chi connectivity index (χ0) is 14.0. The minimum atomic E-state index is -3.40. The smallest absolute Gasteiger partial charge is 0.242 e. The average Bonchev–Trinajstić information content (AvgIpc) is 2.87. The Hall–Kier alpha value is -0.430. The summed E-state index contributed by atoms with van der Waals surface area (Å²) >= 11 is 1.50. The van der Waals surface area contributed by atoms with Gasteiger partial charge < -0.3 is 5.32 Å². The van der Waals surface area contributed by atoms with Crippen molar-refractivity contribution in [2.75, 3.05) is 7.05 Å². The highest BCUT2D eigenvalue weighted by Crippen LogP contribution is 2.30. The maximum Gasteiger partial charge on any atom is 0.242 e. The van der Waals surface area contributed by atoms with Gasteiger partial charge in [0.05, 0.1) is 0 Å². The van der Waals surface area contributed by atoms with E-state index in [1.807, 2.05) is 19.4 Å². The highest BCUT2D eigenvalue weighted by Gasteiger charge is 2.30. The fourth-order valence-corrected chi connectivity index (χ4v) is 5.91. The Labute approximate surface area is 119 Å². The molecular formula is C13H22N2O2S2. The fraction of sp³-hybridized carbons (Fsp3) is 0.692. The van der Waals surface area contributed by atoms with E-state index in [4.69, 9.17) is 0 Å². The van der Waals surface area contributed by atoms with E-state index in [0.29, 0.717) is 17.4 Å². The number of aryl methyl sites for hydroxylation is 1. The highest BCUT2D eigenvalue weighted by atomic mass is 32.2. The van der Waals surface area contributed by atoms with Gasteiger partial charge in [-0.25, -0.2) is 13.1 Å². The lowest BCUT2D eigenvalue weighted by atomic mass is 10.1. The molecule has 0 spiro atoms. The molecule has 19 heavy (non-hydrogen) atoms. The molecule has 1 heterocycles. The summed E-state index contributed by atoms with van der Waals surface area (Å²) in [6.45, 7) is 4.58. The van der Waals surface area contributed by atoms with Crippen LogP contribution in [0.4, 0.5) is 0 Å². The van der Waals surface area contributed by atoms with Crippen molar-refractivity contribution in [3.8, 4) is 0 Å². The van der Waals surface area contributed by atoms with Crippen LogP contribution in [0.3, 0.4) is 0 Å². The maximum atomic E-state index is 12.6. The van der Waals surface area contributed by atoms with Crippen LogP contribution in [0.2, 0.25) is 0 Å². The van der Waals surface area contributed by atoms with Gasteiger partial charge >= 0.3 is 0 Å². The Kier molecular flexibility index (Phi) is 4.66. The van der Waals surface area contributed by atoms with Gasteiger partial charge in [0.25, 0.3) is 0 Å². The summed E-state index contributed by atoms with van der Waals surface area (Å²) in [5, 5.41) is 4.95. The summed E-state index contributed by atoms with van der Waals surface area (Å²) in [4.78, 5) is 1.36. The van der Waals surface area contributed by atoms with E-state index < -0.39 is 10.0 Å². The number of nitrogens with one attached hydrogen (secondary N) is 2. The van der Waals surface area contributed by atoms with Crippen molar-refractivity contribution >= 4 is 21.4 Å². The molecule has 1 aromatic heterocycles. The van der Waals surface area contributed by atoms with Gasteiger partial charge in [-0.15, -0.1) is 11.3 Å². The zero-order valence-electron chi connectivity index (χ0n) is 11.7. The quantitative estimate of drug-likeness (QED) is 0.877. The first kappa shape index (κ1) is 15.0. The van der Waals surface area contributed by atoms with Crippen molar-refractivity contribution in [3.63, 3.8) is 0 Å². The second-order valence-corrected chi connectivity index (χ2v) is 7.95. The summed E-state index contributed by atoms with van der Waals surface area (Å²) < 4.78 is 28.1. The maximum absolute atomic E-state index is 12.6. The Balaban J connectivity index is 2.26. The highest BCUT2D eigenvalue weighted by molar-refractivity contribution is 7.89. The van der Waals surface area contributed by atoms with E-state index in [-0.39, 0.29) is 6.04 Å². The van der Waals surface area contributed by atoms with Crippen LogP contribution in [0, 0.1) is 12.8 Å². The van der Waals surface area contributed by atoms with Crippen LogP contribution in [0.25, 0.3) is 0 Å². The van der Waals surface area contributed by atoms with Crippen LogP contribution in [0.1, 0.15) is 36.6 Å². The molecule has 1 fully saturated rings. The third kappa shape index (κ3) is 3.18. The second kappa shape index (κ2) is 5.91. The molecule has 1 aliphatic carbocycles. The Bertz CT molecular complexity index is 537. The van der Waals surface area contributed by atoms with Crippen molar-refractivity contribution in [2.24, 2.45) is 5.92 Å². The normalized spacial score (nSPS) is 23.9. The topological polar surface area (TPSA) is 58.2 Å². The molecule has 4 nitrogen and oxygen atoms in total. The standard InChI is InChI=1S/C13H22N2O2S2/c1-9-5-4-6-11(9)15-19(16,17)13-10(2)8-18-12(13)7-14-3/h8-9,11,14-15H,4-7H2,1-3H3. The summed E-state index contributed by atoms with van der Waals surface area (Å²) in [5.41, 5.74) is 0.841. The lowest BCUT2D eigenvalue weighted by Gasteiger charge is -2.18. The molecule has 1 saturated carbocycles. The minimum Gasteiger partial charge on any atom is -0.315 e. The molecule has 0 amide bonds. The van der Waals surface area contributed by atoms with E-state index in [1.54, 1.807) is 0 Å². The van der Waals surface area contributed by atoms with Crippen molar-refractivity contribution < 1.29 is 8.42 Å². The summed E-state index contributed by atoms with van der Waals surface area (Å²) in [6.07, 6.45) is 3.17. The number of thiophene rings is 1. The first-order valence-electron chi connectivity index (χ1n) is 6.69. The lowest BCUT2D eigenvalue weighted by molar-refractivity contribution is 0.476. The summed E-state index contributed by atoms with van der Waals surface area (Å²) in [5.74, 6) is 0.432. The molecule has 2 unspecified atom stereocenters. The molecular weight excluding hydrogens is 280 g/mol.